The summed E-state index contributed by atoms with van der Waals surface area (Å²) in [5.74, 6) is 0.322. The van der Waals surface area contributed by atoms with Crippen LogP contribution in [0.25, 0.3) is 0 Å². The molecule has 0 atom stereocenters. The minimum atomic E-state index is -0.607. The van der Waals surface area contributed by atoms with Crippen molar-refractivity contribution < 1.29 is 9.31 Å². The smallest absolute Gasteiger partial charge is 0.274 e. The quantitative estimate of drug-likeness (QED) is 0.439. The molecule has 1 aromatic heterocycles. The van der Waals surface area contributed by atoms with E-state index in [1.165, 1.54) is 0 Å². The van der Waals surface area contributed by atoms with Gasteiger partial charge in [-0.15, -0.1) is 0 Å². The fourth-order valence-electron chi connectivity index (χ4n) is 1.67. The van der Waals surface area contributed by atoms with Gasteiger partial charge in [-0.3, -0.25) is 10.1 Å². The first-order valence-electron chi connectivity index (χ1n) is 5.88. The summed E-state index contributed by atoms with van der Waals surface area (Å²) < 4.78 is 12.7. The Bertz CT molecular complexity index is 479. The number of aromatic nitrogens is 1. The van der Waals surface area contributed by atoms with Gasteiger partial charge in [0, 0.05) is 33.4 Å². The van der Waals surface area contributed by atoms with Crippen molar-refractivity contribution >= 4 is 11.6 Å². The van der Waals surface area contributed by atoms with Gasteiger partial charge in [0.25, 0.3) is 6.20 Å². The Morgan fingerprint density at radius 2 is 2.25 bits per heavy atom. The molecule has 0 amide bonds. The van der Waals surface area contributed by atoms with Crippen LogP contribution in [0.4, 0.5) is 4.39 Å². The summed E-state index contributed by atoms with van der Waals surface area (Å²) >= 11 is 5.70. The van der Waals surface area contributed by atoms with Crippen molar-refractivity contribution in [2.24, 2.45) is 0 Å². The van der Waals surface area contributed by atoms with Crippen molar-refractivity contribution in [2.75, 3.05) is 27.3 Å². The summed E-state index contributed by atoms with van der Waals surface area (Å²) in [6.45, 7) is -0.240. The van der Waals surface area contributed by atoms with Gasteiger partial charge in [0.2, 0.25) is 0 Å². The van der Waals surface area contributed by atoms with Gasteiger partial charge in [-0.05, 0) is 11.6 Å². The van der Waals surface area contributed by atoms with Gasteiger partial charge in [0.1, 0.15) is 11.8 Å². The van der Waals surface area contributed by atoms with Crippen molar-refractivity contribution in [1.82, 2.24) is 14.8 Å². The molecule has 0 saturated carbocycles. The highest BCUT2D eigenvalue weighted by atomic mass is 35.5. The minimum Gasteiger partial charge on any atom is -0.359 e. The molecule has 1 aromatic rings. The third kappa shape index (κ3) is 5.00. The van der Waals surface area contributed by atoms with Crippen LogP contribution in [0.15, 0.2) is 30.4 Å². The monoisotopic (exact) mass is 302 g/mol. The third-order valence-electron chi connectivity index (χ3n) is 2.52. The molecule has 0 bridgehead atoms. The summed E-state index contributed by atoms with van der Waals surface area (Å²) in [5.41, 5.74) is 0.791. The zero-order valence-corrected chi connectivity index (χ0v) is 12.0. The summed E-state index contributed by atoms with van der Waals surface area (Å²) in [7, 11) is 3.33. The number of nitro groups is 1. The summed E-state index contributed by atoms with van der Waals surface area (Å²) in [6.07, 6.45) is 2.42. The molecule has 0 fully saturated rings. The number of halogens is 2. The number of hydrogen-bond donors (Lipinski definition) is 0. The van der Waals surface area contributed by atoms with Gasteiger partial charge in [-0.25, -0.2) is 9.37 Å². The highest BCUT2D eigenvalue weighted by Gasteiger charge is 2.16. The second-order valence-electron chi connectivity index (χ2n) is 4.27. The lowest BCUT2D eigenvalue weighted by Gasteiger charge is -2.29. The standard InChI is InChI=1S/C12H16ClFN4O2/c1-16(2)12(9-18(19)20)17(6-5-14)8-10-3-4-11(13)15-7-10/h3-4,7,9H,5-6,8H2,1-2H3. The van der Waals surface area contributed by atoms with E-state index in [-0.39, 0.29) is 6.54 Å². The van der Waals surface area contributed by atoms with E-state index in [1.807, 2.05) is 0 Å². The molecule has 0 N–H and O–H groups in total. The maximum absolute atomic E-state index is 12.7. The first-order valence-corrected chi connectivity index (χ1v) is 6.26. The van der Waals surface area contributed by atoms with Crippen LogP contribution in [0, 0.1) is 10.1 Å². The average Bonchev–Trinajstić information content (AvgIpc) is 2.37. The normalized spacial score (nSPS) is 11.3. The number of rotatable bonds is 7. The van der Waals surface area contributed by atoms with E-state index >= 15 is 0 Å². The van der Waals surface area contributed by atoms with Gasteiger partial charge in [0.05, 0.1) is 4.92 Å². The molecule has 0 saturated heterocycles. The third-order valence-corrected chi connectivity index (χ3v) is 2.74. The lowest BCUT2D eigenvalue weighted by molar-refractivity contribution is -0.405. The Labute approximate surface area is 121 Å². The lowest BCUT2D eigenvalue weighted by atomic mass is 10.2. The minimum absolute atomic E-state index is 0.0560. The SMILES string of the molecule is CN(C)C(=C[N+](=O)[O-])N(CCF)Cc1ccc(Cl)nc1. The Morgan fingerprint density at radius 1 is 1.55 bits per heavy atom. The molecule has 0 aliphatic heterocycles. The Balaban J connectivity index is 2.96. The summed E-state index contributed by atoms with van der Waals surface area (Å²) in [4.78, 5) is 17.2. The van der Waals surface area contributed by atoms with Crippen molar-refractivity contribution in [3.63, 3.8) is 0 Å². The van der Waals surface area contributed by atoms with E-state index in [1.54, 1.807) is 42.2 Å². The first kappa shape index (κ1) is 16.2. The maximum atomic E-state index is 12.7. The summed E-state index contributed by atoms with van der Waals surface area (Å²) in [6, 6.07) is 3.37. The Kier molecular flexibility index (Phi) is 6.17. The average molecular weight is 303 g/mol. The van der Waals surface area contributed by atoms with E-state index < -0.39 is 11.6 Å². The fourth-order valence-corrected chi connectivity index (χ4v) is 1.78. The maximum Gasteiger partial charge on any atom is 0.274 e. The lowest BCUT2D eigenvalue weighted by Crippen LogP contribution is -2.33. The number of nitrogens with zero attached hydrogens (tertiary/aromatic N) is 4. The molecule has 20 heavy (non-hydrogen) atoms. The molecule has 0 radical (unpaired) electrons. The zero-order chi connectivity index (χ0) is 15.1. The van der Waals surface area contributed by atoms with Gasteiger partial charge in [-0.2, -0.15) is 0 Å². The Morgan fingerprint density at radius 3 is 2.70 bits per heavy atom. The van der Waals surface area contributed by atoms with Gasteiger partial charge < -0.3 is 9.80 Å². The van der Waals surface area contributed by atoms with E-state index in [2.05, 4.69) is 4.98 Å². The van der Waals surface area contributed by atoms with Crippen molar-refractivity contribution in [3.8, 4) is 0 Å². The van der Waals surface area contributed by atoms with Crippen LogP contribution in [0.5, 0.6) is 0 Å². The molecular weight excluding hydrogens is 287 g/mol. The highest BCUT2D eigenvalue weighted by Crippen LogP contribution is 2.14. The highest BCUT2D eigenvalue weighted by molar-refractivity contribution is 6.29. The van der Waals surface area contributed by atoms with Crippen molar-refractivity contribution in [2.45, 2.75) is 6.54 Å². The van der Waals surface area contributed by atoms with E-state index in [0.29, 0.717) is 17.5 Å². The Hall–Kier alpha value is -1.89. The molecule has 0 aliphatic rings. The number of hydrogen-bond acceptors (Lipinski definition) is 5. The van der Waals surface area contributed by atoms with E-state index in [4.69, 9.17) is 11.6 Å². The predicted molar refractivity (Wildman–Crippen MR) is 74.4 cm³/mol. The molecule has 110 valence electrons. The predicted octanol–water partition coefficient (Wildman–Crippen LogP) is 2.14. The molecule has 1 rings (SSSR count). The second-order valence-corrected chi connectivity index (χ2v) is 4.65. The van der Waals surface area contributed by atoms with Crippen LogP contribution in [0.3, 0.4) is 0 Å². The van der Waals surface area contributed by atoms with Crippen LogP contribution >= 0.6 is 11.6 Å². The first-order chi connectivity index (χ1) is 9.43. The van der Waals surface area contributed by atoms with Crippen LogP contribution in [0.2, 0.25) is 5.15 Å². The molecule has 0 spiro atoms. The van der Waals surface area contributed by atoms with E-state index in [0.717, 1.165) is 11.8 Å². The number of pyridine rings is 1. The molecule has 1 heterocycles. The molecule has 0 aromatic carbocycles. The van der Waals surface area contributed by atoms with Crippen LogP contribution in [-0.2, 0) is 6.54 Å². The molecule has 0 aliphatic carbocycles. The molecular formula is C12H16ClFN4O2. The second kappa shape index (κ2) is 7.64. The van der Waals surface area contributed by atoms with Gasteiger partial charge in [-0.1, -0.05) is 17.7 Å². The molecule has 6 nitrogen and oxygen atoms in total. The number of alkyl halides is 1. The van der Waals surface area contributed by atoms with Crippen LogP contribution in [0.1, 0.15) is 5.56 Å². The van der Waals surface area contributed by atoms with Gasteiger partial charge in [0.15, 0.2) is 5.82 Å². The van der Waals surface area contributed by atoms with Crippen LogP contribution < -0.4 is 0 Å². The fraction of sp³-hybridized carbons (Fsp3) is 0.417. The zero-order valence-electron chi connectivity index (χ0n) is 11.3. The molecule has 8 heteroatoms. The van der Waals surface area contributed by atoms with Crippen LogP contribution in [-0.4, -0.2) is 47.0 Å². The largest absolute Gasteiger partial charge is 0.359 e. The van der Waals surface area contributed by atoms with Crippen molar-refractivity contribution in [3.05, 3.63) is 51.2 Å². The van der Waals surface area contributed by atoms with E-state index in [9.17, 15) is 14.5 Å². The summed E-state index contributed by atoms with van der Waals surface area (Å²) in [5, 5.41) is 11.0. The molecule has 0 unspecified atom stereocenters. The van der Waals surface area contributed by atoms with Gasteiger partial charge >= 0.3 is 0 Å². The topological polar surface area (TPSA) is 62.5 Å². The van der Waals surface area contributed by atoms with Crippen molar-refractivity contribution in [1.29, 1.82) is 0 Å².